The van der Waals surface area contributed by atoms with E-state index in [2.05, 4.69) is 29.4 Å². The van der Waals surface area contributed by atoms with E-state index < -0.39 is 10.0 Å². The maximum absolute atomic E-state index is 11.7. The van der Waals surface area contributed by atoms with Gasteiger partial charge in [0.25, 0.3) is 0 Å². The van der Waals surface area contributed by atoms with Crippen LogP contribution in [-0.4, -0.2) is 28.5 Å². The molecular weight excluding hydrogens is 270 g/mol. The van der Waals surface area contributed by atoms with Crippen LogP contribution in [0.2, 0.25) is 5.28 Å². The van der Waals surface area contributed by atoms with E-state index in [9.17, 15) is 8.42 Å². The van der Waals surface area contributed by atoms with Crippen molar-refractivity contribution < 1.29 is 12.9 Å². The van der Waals surface area contributed by atoms with Gasteiger partial charge in [-0.1, -0.05) is 5.16 Å². The molecular formula is C7H6ClN5O3S. The fourth-order valence-corrected chi connectivity index (χ4v) is 1.92. The molecule has 0 saturated carbocycles. The lowest BCUT2D eigenvalue weighted by Crippen LogP contribution is -2.24. The molecule has 0 saturated heterocycles. The standard InChI is InChI=1S/C7H6ClN5O3S/c8-7-9-1-5(2-10-7)17(14,15)12-3-6-11-4-16-13-6/h1-2,4,12H,3H2. The number of hydrogen-bond acceptors (Lipinski definition) is 7. The quantitative estimate of drug-likeness (QED) is 0.781. The summed E-state index contributed by atoms with van der Waals surface area (Å²) in [4.78, 5) is 10.7. The molecule has 0 aliphatic carbocycles. The van der Waals surface area contributed by atoms with Crippen molar-refractivity contribution in [3.8, 4) is 0 Å². The van der Waals surface area contributed by atoms with Crippen molar-refractivity contribution in [3.05, 3.63) is 29.9 Å². The fourth-order valence-electron chi connectivity index (χ4n) is 0.952. The topological polar surface area (TPSA) is 111 Å². The van der Waals surface area contributed by atoms with E-state index in [1.807, 2.05) is 0 Å². The first-order chi connectivity index (χ1) is 8.08. The van der Waals surface area contributed by atoms with Gasteiger partial charge >= 0.3 is 0 Å². The number of rotatable bonds is 4. The maximum Gasteiger partial charge on any atom is 0.244 e. The van der Waals surface area contributed by atoms with Gasteiger partial charge in [0, 0.05) is 0 Å². The van der Waals surface area contributed by atoms with Gasteiger partial charge in [0.1, 0.15) is 4.90 Å². The van der Waals surface area contributed by atoms with Crippen LogP contribution in [0.25, 0.3) is 0 Å². The summed E-state index contributed by atoms with van der Waals surface area (Å²) in [6.07, 6.45) is 3.32. The Morgan fingerprint density at radius 3 is 2.59 bits per heavy atom. The highest BCUT2D eigenvalue weighted by Gasteiger charge is 2.15. The van der Waals surface area contributed by atoms with Crippen LogP contribution < -0.4 is 4.72 Å². The van der Waals surface area contributed by atoms with Crippen LogP contribution in [-0.2, 0) is 16.6 Å². The number of sulfonamides is 1. The van der Waals surface area contributed by atoms with Crippen molar-refractivity contribution in [2.24, 2.45) is 0 Å². The van der Waals surface area contributed by atoms with Crippen molar-refractivity contribution in [3.63, 3.8) is 0 Å². The zero-order valence-electron chi connectivity index (χ0n) is 8.24. The largest absolute Gasteiger partial charge is 0.343 e. The average molecular weight is 276 g/mol. The number of halogens is 1. The minimum absolute atomic E-state index is 0.0258. The van der Waals surface area contributed by atoms with Gasteiger partial charge in [0.15, 0.2) is 5.82 Å². The summed E-state index contributed by atoms with van der Waals surface area (Å²) in [6, 6.07) is 0. The van der Waals surface area contributed by atoms with E-state index in [-0.39, 0.29) is 22.5 Å². The van der Waals surface area contributed by atoms with E-state index >= 15 is 0 Å². The van der Waals surface area contributed by atoms with Gasteiger partial charge < -0.3 is 4.52 Å². The second-order valence-corrected chi connectivity index (χ2v) is 4.96. The molecule has 2 aromatic heterocycles. The van der Waals surface area contributed by atoms with Crippen LogP contribution in [0, 0.1) is 0 Å². The second kappa shape index (κ2) is 4.73. The van der Waals surface area contributed by atoms with Crippen molar-refractivity contribution in [1.82, 2.24) is 24.8 Å². The summed E-state index contributed by atoms with van der Waals surface area (Å²) in [5.41, 5.74) is 0. The minimum atomic E-state index is -3.71. The van der Waals surface area contributed by atoms with Crippen molar-refractivity contribution in [2.45, 2.75) is 11.4 Å². The predicted molar refractivity (Wildman–Crippen MR) is 55.4 cm³/mol. The van der Waals surface area contributed by atoms with Crippen LogP contribution in [0.5, 0.6) is 0 Å². The molecule has 2 rings (SSSR count). The summed E-state index contributed by atoms with van der Waals surface area (Å²) in [6.45, 7) is -0.0819. The molecule has 8 nitrogen and oxygen atoms in total. The van der Waals surface area contributed by atoms with Crippen LogP contribution in [0.1, 0.15) is 5.82 Å². The predicted octanol–water partition coefficient (Wildman–Crippen LogP) is -0.00850. The minimum Gasteiger partial charge on any atom is -0.343 e. The van der Waals surface area contributed by atoms with Gasteiger partial charge in [0.05, 0.1) is 18.9 Å². The molecule has 0 unspecified atom stereocenters. The Labute approximate surface area is 101 Å². The van der Waals surface area contributed by atoms with E-state index in [0.717, 1.165) is 18.8 Å². The molecule has 0 bridgehead atoms. The summed E-state index contributed by atoms with van der Waals surface area (Å²) in [5.74, 6) is 0.225. The molecule has 17 heavy (non-hydrogen) atoms. The molecule has 0 fully saturated rings. The van der Waals surface area contributed by atoms with E-state index in [1.165, 1.54) is 0 Å². The molecule has 10 heteroatoms. The van der Waals surface area contributed by atoms with Crippen LogP contribution >= 0.6 is 11.6 Å². The first-order valence-electron chi connectivity index (χ1n) is 4.30. The molecule has 0 aliphatic heterocycles. The Morgan fingerprint density at radius 2 is 2.00 bits per heavy atom. The van der Waals surface area contributed by atoms with Crippen LogP contribution in [0.15, 0.2) is 28.2 Å². The number of nitrogens with one attached hydrogen (secondary N) is 1. The zero-order valence-corrected chi connectivity index (χ0v) is 9.81. The van der Waals surface area contributed by atoms with E-state index in [1.54, 1.807) is 0 Å². The van der Waals surface area contributed by atoms with Gasteiger partial charge in [-0.05, 0) is 11.6 Å². The smallest absolute Gasteiger partial charge is 0.244 e. The fraction of sp³-hybridized carbons (Fsp3) is 0.143. The van der Waals surface area contributed by atoms with Gasteiger partial charge in [0.2, 0.25) is 21.7 Å². The highest BCUT2D eigenvalue weighted by Crippen LogP contribution is 2.07. The summed E-state index contributed by atoms with van der Waals surface area (Å²) in [7, 11) is -3.71. The summed E-state index contributed by atoms with van der Waals surface area (Å²) < 4.78 is 30.2. The maximum atomic E-state index is 11.7. The monoisotopic (exact) mass is 275 g/mol. The molecule has 0 radical (unpaired) electrons. The van der Waals surface area contributed by atoms with Gasteiger partial charge in [-0.3, -0.25) is 0 Å². The zero-order chi connectivity index (χ0) is 12.3. The van der Waals surface area contributed by atoms with Crippen LogP contribution in [0.4, 0.5) is 0 Å². The van der Waals surface area contributed by atoms with E-state index in [4.69, 9.17) is 11.6 Å². The Morgan fingerprint density at radius 1 is 1.29 bits per heavy atom. The lowest BCUT2D eigenvalue weighted by atomic mass is 10.6. The average Bonchev–Trinajstić information content (AvgIpc) is 2.80. The van der Waals surface area contributed by atoms with Gasteiger partial charge in [-0.25, -0.2) is 23.1 Å². The molecule has 2 aromatic rings. The molecule has 90 valence electrons. The first-order valence-corrected chi connectivity index (χ1v) is 6.16. The number of nitrogens with zero attached hydrogens (tertiary/aromatic N) is 4. The third-order valence-corrected chi connectivity index (χ3v) is 3.29. The van der Waals surface area contributed by atoms with Crippen molar-refractivity contribution >= 4 is 21.6 Å². The summed E-state index contributed by atoms with van der Waals surface area (Å²) >= 11 is 5.45. The molecule has 0 spiro atoms. The first kappa shape index (κ1) is 11.9. The normalized spacial score (nSPS) is 11.6. The third-order valence-electron chi connectivity index (χ3n) is 1.73. The van der Waals surface area contributed by atoms with Crippen molar-refractivity contribution in [2.75, 3.05) is 0 Å². The molecule has 2 heterocycles. The Bertz CT molecular complexity index is 582. The van der Waals surface area contributed by atoms with E-state index in [0.29, 0.717) is 0 Å². The molecule has 1 N–H and O–H groups in total. The second-order valence-electron chi connectivity index (χ2n) is 2.86. The number of aromatic nitrogens is 4. The lowest BCUT2D eigenvalue weighted by molar-refractivity contribution is 0.409. The highest BCUT2D eigenvalue weighted by molar-refractivity contribution is 7.89. The van der Waals surface area contributed by atoms with Crippen molar-refractivity contribution in [1.29, 1.82) is 0 Å². The molecule has 0 amide bonds. The highest BCUT2D eigenvalue weighted by atomic mass is 35.5. The molecule has 0 aliphatic rings. The van der Waals surface area contributed by atoms with Gasteiger partial charge in [-0.15, -0.1) is 0 Å². The number of hydrogen-bond donors (Lipinski definition) is 1. The Kier molecular flexibility index (Phi) is 3.31. The Hall–Kier alpha value is -1.58. The third kappa shape index (κ3) is 2.96. The van der Waals surface area contributed by atoms with Gasteiger partial charge in [-0.2, -0.15) is 4.98 Å². The SMILES string of the molecule is O=S(=O)(NCc1ncon1)c1cnc(Cl)nc1. The molecule has 0 atom stereocenters. The summed E-state index contributed by atoms with van der Waals surface area (Å²) in [5, 5.41) is 3.44. The lowest BCUT2D eigenvalue weighted by Gasteiger charge is -2.03. The van der Waals surface area contributed by atoms with Crippen LogP contribution in [0.3, 0.4) is 0 Å². The Balaban J connectivity index is 2.11. The molecule has 0 aromatic carbocycles.